The molecule has 0 spiro atoms. The maximum Gasteiger partial charge on any atom is 0.319 e. The molecule has 166 valence electrons. The van der Waals surface area contributed by atoms with Gasteiger partial charge < -0.3 is 9.80 Å². The number of nitrogens with zero attached hydrogens (tertiary/aromatic N) is 3. The SMILES string of the molecule is Cc1ccc(S(=O)(=O)N(C)CC(=O)NNC(=O)C2CCN(C(=O)N(C)C)CC2)cc1. The molecule has 1 fully saturated rings. The fraction of sp³-hybridized carbons (Fsp3) is 0.526. The molecule has 1 saturated heterocycles. The number of aryl methyl sites for hydroxylation is 1. The van der Waals surface area contributed by atoms with E-state index < -0.39 is 22.5 Å². The van der Waals surface area contributed by atoms with Gasteiger partial charge in [-0.15, -0.1) is 0 Å². The second-order valence-corrected chi connectivity index (χ2v) is 9.59. The van der Waals surface area contributed by atoms with Crippen LogP contribution in [0.25, 0.3) is 0 Å². The first-order chi connectivity index (χ1) is 14.0. The van der Waals surface area contributed by atoms with Gasteiger partial charge in [0, 0.05) is 40.2 Å². The van der Waals surface area contributed by atoms with Crippen LogP contribution in [-0.4, -0.2) is 81.1 Å². The maximum atomic E-state index is 12.5. The van der Waals surface area contributed by atoms with E-state index in [0.29, 0.717) is 25.9 Å². The molecule has 4 amide bonds. The van der Waals surface area contributed by atoms with Crippen molar-refractivity contribution in [2.24, 2.45) is 5.92 Å². The van der Waals surface area contributed by atoms with E-state index in [1.165, 1.54) is 24.1 Å². The maximum absolute atomic E-state index is 12.5. The van der Waals surface area contributed by atoms with Crippen LogP contribution in [0.2, 0.25) is 0 Å². The van der Waals surface area contributed by atoms with Gasteiger partial charge in [0.25, 0.3) is 5.91 Å². The number of carbonyl (C=O) groups excluding carboxylic acids is 3. The van der Waals surface area contributed by atoms with Crippen molar-refractivity contribution in [3.05, 3.63) is 29.8 Å². The molecule has 0 aliphatic carbocycles. The summed E-state index contributed by atoms with van der Waals surface area (Å²) in [7, 11) is 0.833. The lowest BCUT2D eigenvalue weighted by Crippen LogP contribution is -2.51. The molecular formula is C19H29N5O5S. The molecule has 11 heteroatoms. The van der Waals surface area contributed by atoms with Gasteiger partial charge in [0.1, 0.15) is 0 Å². The number of nitrogens with one attached hydrogen (secondary N) is 2. The molecule has 1 aromatic rings. The number of amides is 4. The Morgan fingerprint density at radius 2 is 1.60 bits per heavy atom. The first-order valence-corrected chi connectivity index (χ1v) is 11.0. The summed E-state index contributed by atoms with van der Waals surface area (Å²) in [5.41, 5.74) is 5.54. The number of sulfonamides is 1. The van der Waals surface area contributed by atoms with Gasteiger partial charge in [0.2, 0.25) is 15.9 Å². The minimum atomic E-state index is -3.81. The van der Waals surface area contributed by atoms with Crippen molar-refractivity contribution in [3.8, 4) is 0 Å². The van der Waals surface area contributed by atoms with Gasteiger partial charge >= 0.3 is 6.03 Å². The molecule has 1 heterocycles. The quantitative estimate of drug-likeness (QED) is 0.634. The van der Waals surface area contributed by atoms with E-state index >= 15 is 0 Å². The molecule has 1 aromatic carbocycles. The Morgan fingerprint density at radius 3 is 2.13 bits per heavy atom. The van der Waals surface area contributed by atoms with E-state index in [1.54, 1.807) is 31.1 Å². The number of piperidine rings is 1. The number of rotatable bonds is 5. The van der Waals surface area contributed by atoms with Gasteiger partial charge in [0.15, 0.2) is 0 Å². The minimum Gasteiger partial charge on any atom is -0.331 e. The van der Waals surface area contributed by atoms with Crippen molar-refractivity contribution in [2.75, 3.05) is 40.8 Å². The van der Waals surface area contributed by atoms with E-state index in [9.17, 15) is 22.8 Å². The summed E-state index contributed by atoms with van der Waals surface area (Å²) in [6, 6.07) is 6.22. The Labute approximate surface area is 177 Å². The largest absolute Gasteiger partial charge is 0.331 e. The van der Waals surface area contributed by atoms with E-state index in [0.717, 1.165) is 9.87 Å². The number of carbonyl (C=O) groups is 3. The van der Waals surface area contributed by atoms with Crippen LogP contribution in [0.5, 0.6) is 0 Å². The second-order valence-electron chi connectivity index (χ2n) is 7.55. The number of urea groups is 1. The number of likely N-dealkylation sites (N-methyl/N-ethyl adjacent to an activating group) is 1. The highest BCUT2D eigenvalue weighted by molar-refractivity contribution is 7.89. The summed E-state index contributed by atoms with van der Waals surface area (Å²) >= 11 is 0. The Morgan fingerprint density at radius 1 is 1.03 bits per heavy atom. The second kappa shape index (κ2) is 9.90. The fourth-order valence-corrected chi connectivity index (χ4v) is 4.19. The molecule has 0 saturated carbocycles. The first kappa shape index (κ1) is 23.6. The monoisotopic (exact) mass is 439 g/mol. The summed E-state index contributed by atoms with van der Waals surface area (Å²) in [4.78, 5) is 39.6. The molecule has 0 bridgehead atoms. The molecule has 10 nitrogen and oxygen atoms in total. The number of benzene rings is 1. The van der Waals surface area contributed by atoms with Crippen LogP contribution < -0.4 is 10.9 Å². The van der Waals surface area contributed by atoms with Crippen LogP contribution in [0, 0.1) is 12.8 Å². The normalized spacial score (nSPS) is 15.0. The zero-order valence-electron chi connectivity index (χ0n) is 17.7. The Hall–Kier alpha value is -2.66. The Bertz CT molecular complexity index is 877. The number of hydrogen-bond acceptors (Lipinski definition) is 5. The first-order valence-electron chi connectivity index (χ1n) is 9.60. The van der Waals surface area contributed by atoms with Crippen molar-refractivity contribution >= 4 is 27.9 Å². The number of hydrazine groups is 1. The summed E-state index contributed by atoms with van der Waals surface area (Å²) < 4.78 is 26.0. The Balaban J connectivity index is 1.81. The molecular weight excluding hydrogens is 410 g/mol. The third-order valence-electron chi connectivity index (χ3n) is 4.94. The predicted octanol–water partition coefficient (Wildman–Crippen LogP) is 0.157. The molecule has 0 radical (unpaired) electrons. The summed E-state index contributed by atoms with van der Waals surface area (Å²) in [5, 5.41) is 0. The third kappa shape index (κ3) is 5.92. The molecule has 30 heavy (non-hydrogen) atoms. The summed E-state index contributed by atoms with van der Waals surface area (Å²) in [5.74, 6) is -1.34. The highest BCUT2D eigenvalue weighted by Gasteiger charge is 2.28. The zero-order valence-corrected chi connectivity index (χ0v) is 18.5. The number of likely N-dealkylation sites (tertiary alicyclic amines) is 1. The van der Waals surface area contributed by atoms with E-state index in [1.807, 2.05) is 6.92 Å². The lowest BCUT2D eigenvalue weighted by molar-refractivity contribution is -0.132. The van der Waals surface area contributed by atoms with E-state index in [-0.39, 0.29) is 22.8 Å². The van der Waals surface area contributed by atoms with Gasteiger partial charge in [-0.1, -0.05) is 17.7 Å². The Kier molecular flexibility index (Phi) is 7.79. The molecule has 0 atom stereocenters. The molecule has 0 aromatic heterocycles. The van der Waals surface area contributed by atoms with E-state index in [4.69, 9.17) is 0 Å². The summed E-state index contributed by atoms with van der Waals surface area (Å²) in [6.07, 6.45) is 0.978. The van der Waals surface area contributed by atoms with Crippen molar-refractivity contribution in [1.82, 2.24) is 25.0 Å². The van der Waals surface area contributed by atoms with Crippen molar-refractivity contribution in [3.63, 3.8) is 0 Å². The van der Waals surface area contributed by atoms with Crippen LogP contribution in [0.4, 0.5) is 4.79 Å². The van der Waals surface area contributed by atoms with Gasteiger partial charge in [-0.05, 0) is 31.9 Å². The standard InChI is InChI=1S/C19H29N5O5S/c1-14-5-7-16(8-6-14)30(28,29)23(4)13-17(25)20-21-18(26)15-9-11-24(12-10-15)19(27)22(2)3/h5-8,15H,9-13H2,1-4H3,(H,20,25)(H,21,26). The topological polar surface area (TPSA) is 119 Å². The van der Waals surface area contributed by atoms with Crippen molar-refractivity contribution in [2.45, 2.75) is 24.7 Å². The van der Waals surface area contributed by atoms with Gasteiger partial charge in [-0.2, -0.15) is 4.31 Å². The predicted molar refractivity (Wildman–Crippen MR) is 111 cm³/mol. The van der Waals surface area contributed by atoms with Gasteiger partial charge in [-0.25, -0.2) is 13.2 Å². The lowest BCUT2D eigenvalue weighted by Gasteiger charge is -2.33. The molecule has 0 unspecified atom stereocenters. The van der Waals surface area contributed by atoms with Gasteiger partial charge in [-0.3, -0.25) is 20.4 Å². The van der Waals surface area contributed by atoms with Crippen LogP contribution in [0.3, 0.4) is 0 Å². The molecule has 2 N–H and O–H groups in total. The van der Waals surface area contributed by atoms with Crippen molar-refractivity contribution in [1.29, 1.82) is 0 Å². The zero-order chi connectivity index (χ0) is 22.5. The molecule has 2 rings (SSSR count). The lowest BCUT2D eigenvalue weighted by atomic mass is 9.96. The molecule has 1 aliphatic heterocycles. The average molecular weight is 440 g/mol. The fourth-order valence-electron chi connectivity index (χ4n) is 3.07. The smallest absolute Gasteiger partial charge is 0.319 e. The summed E-state index contributed by atoms with van der Waals surface area (Å²) in [6.45, 7) is 2.33. The minimum absolute atomic E-state index is 0.0893. The highest BCUT2D eigenvalue weighted by Crippen LogP contribution is 2.18. The van der Waals surface area contributed by atoms with Crippen molar-refractivity contribution < 1.29 is 22.8 Å². The van der Waals surface area contributed by atoms with Crippen LogP contribution in [-0.2, 0) is 19.6 Å². The number of hydrogen-bond donors (Lipinski definition) is 2. The molecule has 1 aliphatic rings. The van der Waals surface area contributed by atoms with Crippen LogP contribution in [0.1, 0.15) is 18.4 Å². The average Bonchev–Trinajstić information content (AvgIpc) is 2.71. The van der Waals surface area contributed by atoms with E-state index in [2.05, 4.69) is 10.9 Å². The van der Waals surface area contributed by atoms with Crippen LogP contribution >= 0.6 is 0 Å². The van der Waals surface area contributed by atoms with Crippen LogP contribution in [0.15, 0.2) is 29.2 Å². The highest BCUT2D eigenvalue weighted by atomic mass is 32.2. The third-order valence-corrected chi connectivity index (χ3v) is 6.76. The van der Waals surface area contributed by atoms with Gasteiger partial charge in [0.05, 0.1) is 11.4 Å².